The third-order valence-corrected chi connectivity index (χ3v) is 10.0. The summed E-state index contributed by atoms with van der Waals surface area (Å²) in [6, 6.07) is 61.7. The van der Waals surface area contributed by atoms with Gasteiger partial charge in [-0.15, -0.1) is 0 Å². The van der Waals surface area contributed by atoms with Crippen LogP contribution in [-0.4, -0.2) is 4.57 Å². The Kier molecular flexibility index (Phi) is 5.76. The van der Waals surface area contributed by atoms with Gasteiger partial charge in [0.15, 0.2) is 0 Å². The number of para-hydroxylation sites is 2. The molecule has 0 amide bonds. The van der Waals surface area contributed by atoms with Crippen molar-refractivity contribution in [3.63, 3.8) is 0 Å². The van der Waals surface area contributed by atoms with Gasteiger partial charge in [0.25, 0.3) is 0 Å². The summed E-state index contributed by atoms with van der Waals surface area (Å²) < 4.78 is 2.38. The largest absolute Gasteiger partial charge is 0.310 e. The highest BCUT2D eigenvalue weighted by Crippen LogP contribution is 2.48. The topological polar surface area (TPSA) is 8.17 Å². The van der Waals surface area contributed by atoms with Crippen molar-refractivity contribution in [1.29, 1.82) is 0 Å². The van der Waals surface area contributed by atoms with Crippen molar-refractivity contribution in [2.45, 2.75) is 0 Å². The molecule has 0 saturated heterocycles. The predicted molar refractivity (Wildman–Crippen MR) is 204 cm³/mol. The summed E-state index contributed by atoms with van der Waals surface area (Å²) in [5, 5.41) is 7.40. The summed E-state index contributed by atoms with van der Waals surface area (Å²) in [4.78, 5) is 2.44. The fourth-order valence-electron chi connectivity index (χ4n) is 7.88. The molecule has 8 aromatic carbocycles. The van der Waals surface area contributed by atoms with Gasteiger partial charge in [-0.3, -0.25) is 0 Å². The second kappa shape index (κ2) is 10.3. The van der Waals surface area contributed by atoms with Crippen molar-refractivity contribution >= 4 is 66.0 Å². The summed E-state index contributed by atoms with van der Waals surface area (Å²) in [6.07, 6.45) is 0. The minimum atomic E-state index is 1.08. The van der Waals surface area contributed by atoms with Crippen LogP contribution in [-0.2, 0) is 0 Å². The molecule has 2 nitrogen and oxygen atoms in total. The maximum atomic E-state index is 4.56. The van der Waals surface area contributed by atoms with Crippen LogP contribution in [0.15, 0.2) is 176 Å². The summed E-state index contributed by atoms with van der Waals surface area (Å²) in [7, 11) is 0. The van der Waals surface area contributed by atoms with E-state index >= 15 is 0 Å². The lowest BCUT2D eigenvalue weighted by Gasteiger charge is -2.28. The van der Waals surface area contributed by atoms with E-state index in [0.717, 1.165) is 28.3 Å². The molecule has 224 valence electrons. The molecule has 0 radical (unpaired) electrons. The second-order valence-electron chi connectivity index (χ2n) is 12.6. The smallest absolute Gasteiger partial charge is 0.0546 e. The molecule has 1 aromatic heterocycles. The fourth-order valence-corrected chi connectivity index (χ4v) is 7.88. The third-order valence-electron chi connectivity index (χ3n) is 10.0. The number of anilines is 3. The van der Waals surface area contributed by atoms with E-state index in [-0.39, 0.29) is 0 Å². The molecule has 1 aliphatic rings. The van der Waals surface area contributed by atoms with E-state index in [1.807, 2.05) is 0 Å². The van der Waals surface area contributed by atoms with Crippen LogP contribution >= 0.6 is 0 Å². The molecule has 48 heavy (non-hydrogen) atoms. The molecule has 0 saturated carbocycles. The molecule has 2 heteroatoms. The summed E-state index contributed by atoms with van der Waals surface area (Å²) in [6.45, 7) is 4.56. The standard InChI is InChI=1S/C46H30N2/c1-30-35-16-7-8-18-37(35)39-25-23-33(28-42(30)39)47(46-27-31-13-5-6-17-36(31)38-19-9-10-20-40(38)46)34-24-26-45-43(29-34)41-21-11-12-22-44(41)48(45)32-14-3-2-4-15-32/h2-29H,1H2. The van der Waals surface area contributed by atoms with Crippen molar-refractivity contribution < 1.29 is 0 Å². The first kappa shape index (κ1) is 26.8. The number of hydrogen-bond acceptors (Lipinski definition) is 1. The molecular weight excluding hydrogens is 581 g/mol. The van der Waals surface area contributed by atoms with E-state index in [9.17, 15) is 0 Å². The molecule has 0 fully saturated rings. The molecule has 9 aromatic rings. The molecule has 0 N–H and O–H groups in total. The van der Waals surface area contributed by atoms with Gasteiger partial charge in [-0.1, -0.05) is 122 Å². The van der Waals surface area contributed by atoms with E-state index in [0.29, 0.717) is 0 Å². The fraction of sp³-hybridized carbons (Fsp3) is 0. The first-order chi connectivity index (χ1) is 23.7. The van der Waals surface area contributed by atoms with Gasteiger partial charge in [0.05, 0.1) is 16.7 Å². The first-order valence-electron chi connectivity index (χ1n) is 16.5. The van der Waals surface area contributed by atoms with Gasteiger partial charge in [-0.05, 0) is 98.6 Å². The number of fused-ring (bicyclic) bond motifs is 9. The zero-order chi connectivity index (χ0) is 31.8. The Labute approximate surface area is 279 Å². The second-order valence-corrected chi connectivity index (χ2v) is 12.6. The minimum absolute atomic E-state index is 1.08. The Hall–Kier alpha value is -6.38. The van der Waals surface area contributed by atoms with Gasteiger partial charge < -0.3 is 9.47 Å². The Balaban J connectivity index is 1.27. The van der Waals surface area contributed by atoms with Crippen LogP contribution in [0.25, 0.3) is 65.7 Å². The average Bonchev–Trinajstić information content (AvgIpc) is 3.63. The monoisotopic (exact) mass is 610 g/mol. The summed E-state index contributed by atoms with van der Waals surface area (Å²) >= 11 is 0. The molecule has 1 heterocycles. The molecule has 0 unspecified atom stereocenters. The summed E-state index contributed by atoms with van der Waals surface area (Å²) in [5.41, 5.74) is 12.9. The zero-order valence-electron chi connectivity index (χ0n) is 26.3. The third kappa shape index (κ3) is 3.87. The Morgan fingerprint density at radius 3 is 1.85 bits per heavy atom. The molecular formula is C46H30N2. The molecule has 0 bridgehead atoms. The predicted octanol–water partition coefficient (Wildman–Crippen LogP) is 12.6. The van der Waals surface area contributed by atoms with Crippen LogP contribution in [0.5, 0.6) is 0 Å². The lowest BCUT2D eigenvalue weighted by atomic mass is 9.98. The zero-order valence-corrected chi connectivity index (χ0v) is 26.3. The van der Waals surface area contributed by atoms with Gasteiger partial charge in [-0.25, -0.2) is 0 Å². The van der Waals surface area contributed by atoms with Crippen LogP contribution < -0.4 is 4.90 Å². The quantitative estimate of drug-likeness (QED) is 0.180. The van der Waals surface area contributed by atoms with Gasteiger partial charge in [0, 0.05) is 33.2 Å². The number of aromatic nitrogens is 1. The van der Waals surface area contributed by atoms with Crippen molar-refractivity contribution in [3.8, 4) is 16.8 Å². The van der Waals surface area contributed by atoms with E-state index in [4.69, 9.17) is 0 Å². The number of nitrogens with zero attached hydrogens (tertiary/aromatic N) is 2. The highest BCUT2D eigenvalue weighted by molar-refractivity contribution is 6.16. The number of benzene rings is 8. The highest BCUT2D eigenvalue weighted by Gasteiger charge is 2.25. The lowest BCUT2D eigenvalue weighted by Crippen LogP contribution is -2.11. The van der Waals surface area contributed by atoms with E-state index in [1.165, 1.54) is 65.6 Å². The van der Waals surface area contributed by atoms with E-state index < -0.39 is 0 Å². The average molecular weight is 611 g/mol. The van der Waals surface area contributed by atoms with Crippen molar-refractivity contribution in [1.82, 2.24) is 4.57 Å². The van der Waals surface area contributed by atoms with Crippen molar-refractivity contribution in [3.05, 3.63) is 188 Å². The molecule has 0 aliphatic heterocycles. The Morgan fingerprint density at radius 2 is 1.00 bits per heavy atom. The summed E-state index contributed by atoms with van der Waals surface area (Å²) in [5.74, 6) is 0. The van der Waals surface area contributed by atoms with Gasteiger partial charge in [0.2, 0.25) is 0 Å². The van der Waals surface area contributed by atoms with Crippen LogP contribution in [0.4, 0.5) is 17.1 Å². The van der Waals surface area contributed by atoms with Crippen molar-refractivity contribution in [2.24, 2.45) is 0 Å². The first-order valence-corrected chi connectivity index (χ1v) is 16.5. The minimum Gasteiger partial charge on any atom is -0.310 e. The lowest BCUT2D eigenvalue weighted by molar-refractivity contribution is 1.18. The maximum Gasteiger partial charge on any atom is 0.0546 e. The van der Waals surface area contributed by atoms with Gasteiger partial charge >= 0.3 is 0 Å². The molecule has 0 spiro atoms. The van der Waals surface area contributed by atoms with Gasteiger partial charge in [0.1, 0.15) is 0 Å². The number of hydrogen-bond donors (Lipinski definition) is 0. The van der Waals surface area contributed by atoms with E-state index in [1.54, 1.807) is 0 Å². The highest BCUT2D eigenvalue weighted by atomic mass is 15.1. The maximum absolute atomic E-state index is 4.56. The number of rotatable bonds is 4. The Morgan fingerprint density at radius 1 is 0.396 bits per heavy atom. The molecule has 1 aliphatic carbocycles. The van der Waals surface area contributed by atoms with Crippen LogP contribution in [0.1, 0.15) is 11.1 Å². The van der Waals surface area contributed by atoms with Crippen LogP contribution in [0.3, 0.4) is 0 Å². The normalized spacial score (nSPS) is 12.2. The van der Waals surface area contributed by atoms with E-state index in [2.05, 4.69) is 186 Å². The molecule has 10 rings (SSSR count). The van der Waals surface area contributed by atoms with Gasteiger partial charge in [-0.2, -0.15) is 0 Å². The SMILES string of the molecule is C=C1c2ccccc2-c2ccc(N(c3ccc4c(c3)c3ccccc3n4-c3ccccc3)c3cc4ccccc4c4ccccc34)cc21. The van der Waals surface area contributed by atoms with Crippen LogP contribution in [0, 0.1) is 0 Å². The van der Waals surface area contributed by atoms with Crippen LogP contribution in [0.2, 0.25) is 0 Å². The Bertz CT molecular complexity index is 2750. The molecule has 0 atom stereocenters. The van der Waals surface area contributed by atoms with Crippen molar-refractivity contribution in [2.75, 3.05) is 4.90 Å².